The summed E-state index contributed by atoms with van der Waals surface area (Å²) >= 11 is 7.49. The lowest BCUT2D eigenvalue weighted by molar-refractivity contribution is -0.116. The van der Waals surface area contributed by atoms with Crippen molar-refractivity contribution >= 4 is 60.4 Å². The van der Waals surface area contributed by atoms with Gasteiger partial charge in [0.2, 0.25) is 0 Å². The van der Waals surface area contributed by atoms with E-state index in [1.54, 1.807) is 0 Å². The third-order valence-corrected chi connectivity index (χ3v) is 13.3. The van der Waals surface area contributed by atoms with Crippen molar-refractivity contribution in [2.75, 3.05) is 11.4 Å². The maximum absolute atomic E-state index is 15.0. The molecule has 0 bridgehead atoms. The number of rotatable bonds is 28. The molecule has 0 saturated carbocycles. The Morgan fingerprint density at radius 3 is 1.52 bits per heavy atom. The minimum atomic E-state index is -0.198. The molecule has 0 aromatic heterocycles. The molecule has 0 radical (unpaired) electrons. The number of ketones is 1. The summed E-state index contributed by atoms with van der Waals surface area (Å²) in [6.45, 7) is 9.83. The summed E-state index contributed by atoms with van der Waals surface area (Å²) in [6.07, 6.45) is 31.1. The first kappa shape index (κ1) is 45.0. The maximum Gasteiger partial charge on any atom is 0.259 e. The molecule has 0 fully saturated rings. The van der Waals surface area contributed by atoms with Gasteiger partial charge < -0.3 is 4.90 Å². The van der Waals surface area contributed by atoms with Crippen molar-refractivity contribution < 1.29 is 9.59 Å². The minimum absolute atomic E-state index is 0.0191. The number of allylic oxidation sites excluding steroid dienone is 1. The van der Waals surface area contributed by atoms with Gasteiger partial charge in [-0.1, -0.05) is 213 Å². The molecule has 5 heteroatoms. The number of carbonyl (C=O) groups is 2. The van der Waals surface area contributed by atoms with Gasteiger partial charge in [0.05, 0.1) is 11.3 Å². The second kappa shape index (κ2) is 24.8. The van der Waals surface area contributed by atoms with E-state index >= 15 is 0 Å². The molecule has 1 aliphatic carbocycles. The van der Waals surface area contributed by atoms with Crippen LogP contribution < -0.4 is 4.90 Å². The Hall–Kier alpha value is -1.72. The third kappa shape index (κ3) is 13.2. The molecule has 1 aliphatic heterocycles. The Balaban J connectivity index is 1.63. The molecule has 3 nitrogen and oxygen atoms in total. The molecular weight excluding hydrogens is 794 g/mol. The van der Waals surface area contributed by atoms with E-state index in [1.165, 1.54) is 141 Å². The van der Waals surface area contributed by atoms with Crippen molar-refractivity contribution in [2.45, 2.75) is 194 Å². The maximum atomic E-state index is 15.0. The highest BCUT2D eigenvalue weighted by Crippen LogP contribution is 2.50. The van der Waals surface area contributed by atoms with Gasteiger partial charge in [0.15, 0.2) is 5.78 Å². The van der Waals surface area contributed by atoms with E-state index in [9.17, 15) is 9.59 Å². The largest absolute Gasteiger partial charge is 0.307 e. The molecule has 2 aromatic carbocycles. The molecule has 54 heavy (non-hydrogen) atoms. The lowest BCUT2D eigenvalue weighted by atomic mass is 9.83. The molecule has 3 unspecified atom stereocenters. The number of anilines is 1. The van der Waals surface area contributed by atoms with Crippen LogP contribution in [-0.4, -0.2) is 18.2 Å². The Bertz CT molecular complexity index is 1370. The second-order valence-electron chi connectivity index (χ2n) is 16.8. The fourth-order valence-corrected chi connectivity index (χ4v) is 9.88. The number of amides is 1. The molecule has 4 rings (SSSR count). The molecule has 0 N–H and O–H groups in total. The van der Waals surface area contributed by atoms with Gasteiger partial charge in [0.25, 0.3) is 5.91 Å². The number of nitrogens with zero attached hydrogens (tertiary/aromatic N) is 1. The van der Waals surface area contributed by atoms with E-state index in [4.69, 9.17) is 0 Å². The molecular formula is C49H73Br2NO2. The molecule has 0 saturated heterocycles. The number of benzene rings is 2. The standard InChI is InChI=1S/C49H73Br2NO2/c1-5-9-13-17-19-23-26-37(25-21-15-11-7-3)33-44-43-34-39(50)29-31-41(43)46(48(44)53)47-42-32-30-40(51)35-45(42)52(49(47)54)36-38(27-22-16-12-8-4)28-24-20-18-14-10-6-2/h29-32,34-35,37-38,44H,5-28,33,36H2,1-4H3/b47-46+. The summed E-state index contributed by atoms with van der Waals surface area (Å²) in [5, 5.41) is 0. The first-order chi connectivity index (χ1) is 26.3. The van der Waals surface area contributed by atoms with Crippen LogP contribution in [0.25, 0.3) is 11.1 Å². The number of fused-ring (bicyclic) bond motifs is 2. The molecule has 1 heterocycles. The second-order valence-corrected chi connectivity index (χ2v) is 18.6. The normalized spacial score (nSPS) is 17.7. The lowest BCUT2D eigenvalue weighted by Crippen LogP contribution is -2.32. The topological polar surface area (TPSA) is 37.4 Å². The van der Waals surface area contributed by atoms with Crippen LogP contribution in [0.3, 0.4) is 0 Å². The van der Waals surface area contributed by atoms with Crippen LogP contribution in [0.4, 0.5) is 5.69 Å². The summed E-state index contributed by atoms with van der Waals surface area (Å²) in [5.74, 6) is 0.958. The first-order valence-electron chi connectivity index (χ1n) is 22.5. The molecule has 1 amide bonds. The van der Waals surface area contributed by atoms with Gasteiger partial charge in [-0.25, -0.2) is 0 Å². The Kier molecular flexibility index (Phi) is 20.7. The lowest BCUT2D eigenvalue weighted by Gasteiger charge is -2.25. The van der Waals surface area contributed by atoms with Gasteiger partial charge in [-0.3, -0.25) is 9.59 Å². The minimum Gasteiger partial charge on any atom is -0.307 e. The van der Waals surface area contributed by atoms with Crippen LogP contribution in [0.15, 0.2) is 45.3 Å². The van der Waals surface area contributed by atoms with Gasteiger partial charge >= 0.3 is 0 Å². The summed E-state index contributed by atoms with van der Waals surface area (Å²) in [4.78, 5) is 31.9. The number of Topliss-reactive ketones (excluding diaryl/α,β-unsaturated/α-hetero) is 1. The zero-order chi connectivity index (χ0) is 38.7. The Morgan fingerprint density at radius 2 is 0.981 bits per heavy atom. The number of hydrogen-bond donors (Lipinski definition) is 0. The average molecular weight is 868 g/mol. The van der Waals surface area contributed by atoms with Crippen molar-refractivity contribution in [3.63, 3.8) is 0 Å². The number of hydrogen-bond acceptors (Lipinski definition) is 2. The number of unbranched alkanes of at least 4 members (excludes halogenated alkanes) is 16. The Labute approximate surface area is 347 Å². The van der Waals surface area contributed by atoms with Crippen molar-refractivity contribution in [1.82, 2.24) is 0 Å². The van der Waals surface area contributed by atoms with Gasteiger partial charge in [-0.2, -0.15) is 0 Å². The number of carbonyl (C=O) groups excluding carboxylic acids is 2. The highest BCUT2D eigenvalue weighted by Gasteiger charge is 2.44. The zero-order valence-electron chi connectivity index (χ0n) is 34.6. The van der Waals surface area contributed by atoms with Crippen LogP contribution in [0.2, 0.25) is 0 Å². The van der Waals surface area contributed by atoms with E-state index in [0.29, 0.717) is 23.0 Å². The van der Waals surface area contributed by atoms with Gasteiger partial charge in [0.1, 0.15) is 0 Å². The van der Waals surface area contributed by atoms with E-state index in [1.807, 2.05) is 6.07 Å². The van der Waals surface area contributed by atoms with Gasteiger partial charge in [0, 0.05) is 32.5 Å². The van der Waals surface area contributed by atoms with Crippen LogP contribution in [0.1, 0.15) is 211 Å². The molecule has 300 valence electrons. The molecule has 3 atom stereocenters. The zero-order valence-corrected chi connectivity index (χ0v) is 37.8. The van der Waals surface area contributed by atoms with Crippen molar-refractivity contribution in [2.24, 2.45) is 11.8 Å². The van der Waals surface area contributed by atoms with Gasteiger partial charge in [-0.15, -0.1) is 0 Å². The van der Waals surface area contributed by atoms with Gasteiger partial charge in [-0.05, 0) is 66.5 Å². The molecule has 2 aromatic rings. The van der Waals surface area contributed by atoms with Crippen LogP contribution >= 0.6 is 31.9 Å². The monoisotopic (exact) mass is 865 g/mol. The van der Waals surface area contributed by atoms with E-state index in [0.717, 1.165) is 57.1 Å². The first-order valence-corrected chi connectivity index (χ1v) is 24.1. The summed E-state index contributed by atoms with van der Waals surface area (Å²) in [7, 11) is 0. The summed E-state index contributed by atoms with van der Waals surface area (Å²) in [5.41, 5.74) is 5.27. The quantitative estimate of drug-likeness (QED) is 0.0631. The van der Waals surface area contributed by atoms with Crippen molar-refractivity contribution in [3.8, 4) is 0 Å². The fourth-order valence-electron chi connectivity index (χ4n) is 9.16. The van der Waals surface area contributed by atoms with E-state index in [2.05, 4.69) is 94.8 Å². The third-order valence-electron chi connectivity index (χ3n) is 12.3. The highest BCUT2D eigenvalue weighted by atomic mass is 79.9. The highest BCUT2D eigenvalue weighted by molar-refractivity contribution is 9.10. The predicted octanol–water partition coefficient (Wildman–Crippen LogP) is 16.2. The Morgan fingerprint density at radius 1 is 0.537 bits per heavy atom. The molecule has 2 aliphatic rings. The summed E-state index contributed by atoms with van der Waals surface area (Å²) < 4.78 is 1.98. The van der Waals surface area contributed by atoms with E-state index in [-0.39, 0.29) is 17.6 Å². The van der Waals surface area contributed by atoms with E-state index < -0.39 is 0 Å². The van der Waals surface area contributed by atoms with Crippen LogP contribution in [0.5, 0.6) is 0 Å². The van der Waals surface area contributed by atoms with Crippen LogP contribution in [-0.2, 0) is 9.59 Å². The SMILES string of the molecule is CCCCCCCCC(CCCCCC)CC1C(=O)/C(=C2/C(=O)N(CC(CCCCCC)CCCCCCCC)c3cc(Br)ccc32)c2ccc(Br)cc21. The predicted molar refractivity (Wildman–Crippen MR) is 240 cm³/mol. The average Bonchev–Trinajstić information content (AvgIpc) is 3.57. The van der Waals surface area contributed by atoms with Crippen molar-refractivity contribution in [1.29, 1.82) is 0 Å². The number of halogens is 2. The smallest absolute Gasteiger partial charge is 0.259 e. The summed E-state index contributed by atoms with van der Waals surface area (Å²) in [6, 6.07) is 12.6. The fraction of sp³-hybridized carbons (Fsp3) is 0.673. The molecule has 0 spiro atoms. The van der Waals surface area contributed by atoms with Crippen molar-refractivity contribution in [3.05, 3.63) is 62.0 Å². The van der Waals surface area contributed by atoms with Crippen LogP contribution in [0, 0.1) is 11.8 Å².